The molecule has 0 unspecified atom stereocenters. The van der Waals surface area contributed by atoms with Gasteiger partial charge in [0.1, 0.15) is 11.4 Å². The Hall–Kier alpha value is -3.33. The van der Waals surface area contributed by atoms with Crippen molar-refractivity contribution in [2.45, 2.75) is 31.4 Å². The van der Waals surface area contributed by atoms with E-state index in [1.807, 2.05) is 12.1 Å². The number of aromatic nitrogens is 1. The normalized spacial score (nSPS) is 19.4. The lowest BCUT2D eigenvalue weighted by Gasteiger charge is -2.29. The van der Waals surface area contributed by atoms with E-state index in [2.05, 4.69) is 15.6 Å². The number of amides is 2. The third-order valence-corrected chi connectivity index (χ3v) is 6.46. The largest absolute Gasteiger partial charge is 0.378 e. The minimum absolute atomic E-state index is 0.00914. The van der Waals surface area contributed by atoms with Crippen LogP contribution in [0.25, 0.3) is 10.9 Å². The second kappa shape index (κ2) is 9.50. The van der Waals surface area contributed by atoms with E-state index in [-0.39, 0.29) is 17.8 Å². The maximum Gasteiger partial charge on any atom is 0.317 e. The molecule has 180 valence electrons. The first-order valence-corrected chi connectivity index (χ1v) is 11.0. The molecule has 3 aromatic rings. The van der Waals surface area contributed by atoms with Crippen LogP contribution in [0.4, 0.5) is 23.7 Å². The number of fused-ring (bicyclic) bond motifs is 1. The van der Waals surface area contributed by atoms with Crippen LogP contribution in [0.1, 0.15) is 43.9 Å². The van der Waals surface area contributed by atoms with Crippen molar-refractivity contribution in [1.82, 2.24) is 15.2 Å². The van der Waals surface area contributed by atoms with Crippen LogP contribution in [0.3, 0.4) is 0 Å². The van der Waals surface area contributed by atoms with Crippen molar-refractivity contribution >= 4 is 22.6 Å². The van der Waals surface area contributed by atoms with Gasteiger partial charge in [0.25, 0.3) is 6.43 Å². The topological polar surface area (TPSA) is 66.5 Å². The van der Waals surface area contributed by atoms with Crippen molar-refractivity contribution in [3.63, 3.8) is 0 Å². The number of hydrogen-bond acceptors (Lipinski definition) is 4. The number of rotatable bonds is 6. The molecular weight excluding hydrogens is 445 g/mol. The van der Waals surface area contributed by atoms with Gasteiger partial charge >= 0.3 is 6.03 Å². The molecule has 0 spiro atoms. The van der Waals surface area contributed by atoms with Gasteiger partial charge < -0.3 is 20.3 Å². The number of halogens is 3. The Balaban J connectivity index is 1.72. The first-order chi connectivity index (χ1) is 16.7. The third-order valence-electron chi connectivity index (χ3n) is 6.46. The van der Waals surface area contributed by atoms with Crippen LogP contribution in [0.5, 0.6) is 0 Å². The minimum atomic E-state index is -2.92. The number of benzene rings is 2. The molecule has 4 rings (SSSR count). The maximum atomic E-state index is 14.7. The van der Waals surface area contributed by atoms with Crippen molar-refractivity contribution in [2.24, 2.45) is 0 Å². The van der Waals surface area contributed by atoms with Gasteiger partial charge in [-0.15, -0.1) is 0 Å². The van der Waals surface area contributed by atoms with E-state index >= 15 is 0 Å². The molecule has 1 aliphatic rings. The number of carbonyl (C=O) groups is 1. The molecule has 0 bridgehead atoms. The van der Waals surface area contributed by atoms with Crippen LogP contribution in [0.15, 0.2) is 48.6 Å². The van der Waals surface area contributed by atoms with E-state index in [1.165, 1.54) is 18.2 Å². The maximum absolute atomic E-state index is 14.7. The number of nitrogens with zero attached hydrogens (tertiary/aromatic N) is 2. The molecule has 2 atom stereocenters. The molecule has 34 heavy (non-hydrogen) atoms. The molecule has 9 heteroatoms. The Kier molecular flexibility index (Phi) is 6.28. The van der Waals surface area contributed by atoms with Crippen LogP contribution in [-0.2, 0) is 10.3 Å². The highest BCUT2D eigenvalue weighted by atomic mass is 19.3. The molecule has 2 amide bonds. The Morgan fingerprint density at radius 2 is 2.03 bits per heavy atom. The fraction of sp³-hybridized carbons (Fsp3) is 0.360. The van der Waals surface area contributed by atoms with Crippen molar-refractivity contribution in [2.75, 3.05) is 32.6 Å². The van der Waals surface area contributed by atoms with Gasteiger partial charge in [-0.2, -0.15) is 0 Å². The Bertz CT molecular complexity index is 1260. The number of anilines is 1. The molecule has 2 N–H and O–H groups in total. The number of ether oxygens (including phenoxy) is 1. The van der Waals surface area contributed by atoms with Crippen molar-refractivity contribution in [1.29, 1.82) is 0 Å². The van der Waals surface area contributed by atoms with Gasteiger partial charge in [0.15, 0.2) is 0 Å². The highest BCUT2D eigenvalue weighted by molar-refractivity contribution is 5.92. The standard InChI is InChI=1S/C25H27F3N4O2/c1-15(17-5-4-6-18(22(17)26)23(27)28)31-21-9-11-30-20-8-7-16(13-19(20)21)25(34-3)10-12-32(14-25)24(33)29-2/h4-9,11,13,15,23H,10,12,14H2,1-3H3,(H,29,33)(H,30,31)/t15-,25-/m1/s1/i11D. The Labute approximate surface area is 197 Å². The molecule has 0 aliphatic carbocycles. The molecular formula is C25H27F3N4O2. The third kappa shape index (κ3) is 4.27. The molecule has 1 aliphatic heterocycles. The molecule has 1 saturated heterocycles. The molecule has 1 aromatic heterocycles. The number of pyridine rings is 1. The lowest BCUT2D eigenvalue weighted by Crippen LogP contribution is -2.39. The average molecular weight is 474 g/mol. The van der Waals surface area contributed by atoms with E-state index in [9.17, 15) is 18.0 Å². The predicted octanol–water partition coefficient (Wildman–Crippen LogP) is 5.37. The zero-order valence-corrected chi connectivity index (χ0v) is 19.2. The first-order valence-electron chi connectivity index (χ1n) is 11.5. The van der Waals surface area contributed by atoms with Crippen LogP contribution in [-0.4, -0.2) is 43.2 Å². The molecule has 2 heterocycles. The smallest absolute Gasteiger partial charge is 0.317 e. The molecule has 2 aromatic carbocycles. The van der Waals surface area contributed by atoms with Gasteiger partial charge in [0.2, 0.25) is 0 Å². The minimum Gasteiger partial charge on any atom is -0.378 e. The number of likely N-dealkylation sites (tertiary alicyclic amines) is 1. The van der Waals surface area contributed by atoms with E-state index in [1.54, 1.807) is 32.0 Å². The lowest BCUT2D eigenvalue weighted by molar-refractivity contribution is -0.00305. The number of alkyl halides is 2. The fourth-order valence-corrected chi connectivity index (χ4v) is 4.51. The molecule has 0 saturated carbocycles. The Morgan fingerprint density at radius 3 is 2.74 bits per heavy atom. The van der Waals surface area contributed by atoms with Crippen LogP contribution < -0.4 is 10.6 Å². The molecule has 6 nitrogen and oxygen atoms in total. The number of nitrogens with one attached hydrogen (secondary N) is 2. The summed E-state index contributed by atoms with van der Waals surface area (Å²) in [5.74, 6) is -0.953. The summed E-state index contributed by atoms with van der Waals surface area (Å²) in [5.41, 5.74) is 0.624. The quantitative estimate of drug-likeness (QED) is 0.505. The van der Waals surface area contributed by atoms with Gasteiger partial charge in [-0.25, -0.2) is 18.0 Å². The SMILES string of the molecule is [2H]c1cc(N[C@H](C)c2cccc(C(F)F)c2F)c2cc([C@@]3(OC)CCN(C(=O)NC)C3)ccc2n1. The van der Waals surface area contributed by atoms with Gasteiger partial charge in [-0.05, 0) is 30.7 Å². The summed E-state index contributed by atoms with van der Waals surface area (Å²) in [6, 6.07) is 10.1. The lowest BCUT2D eigenvalue weighted by atomic mass is 9.91. The summed E-state index contributed by atoms with van der Waals surface area (Å²) in [5, 5.41) is 6.48. The summed E-state index contributed by atoms with van der Waals surface area (Å²) in [7, 11) is 3.18. The fourth-order valence-electron chi connectivity index (χ4n) is 4.51. The van der Waals surface area contributed by atoms with Gasteiger partial charge in [0, 0.05) is 49.9 Å². The second-order valence-electron chi connectivity index (χ2n) is 8.37. The zero-order chi connectivity index (χ0) is 25.3. The number of hydrogen-bond donors (Lipinski definition) is 2. The van der Waals surface area contributed by atoms with E-state index < -0.39 is 29.4 Å². The van der Waals surface area contributed by atoms with Crippen LogP contribution in [0, 0.1) is 5.82 Å². The molecule has 1 fully saturated rings. The molecule has 0 radical (unpaired) electrons. The number of methoxy groups -OCH3 is 1. The first kappa shape index (κ1) is 22.5. The Morgan fingerprint density at radius 1 is 1.26 bits per heavy atom. The highest BCUT2D eigenvalue weighted by Gasteiger charge is 2.41. The predicted molar refractivity (Wildman–Crippen MR) is 124 cm³/mol. The summed E-state index contributed by atoms with van der Waals surface area (Å²) in [4.78, 5) is 18.1. The van der Waals surface area contributed by atoms with Crippen molar-refractivity contribution < 1.29 is 24.1 Å². The van der Waals surface area contributed by atoms with Gasteiger partial charge in [-0.3, -0.25) is 4.98 Å². The monoisotopic (exact) mass is 473 g/mol. The van der Waals surface area contributed by atoms with Gasteiger partial charge in [-0.1, -0.05) is 24.3 Å². The zero-order valence-electron chi connectivity index (χ0n) is 20.2. The van der Waals surface area contributed by atoms with E-state index in [0.717, 1.165) is 11.6 Å². The highest BCUT2D eigenvalue weighted by Crippen LogP contribution is 2.38. The number of carbonyl (C=O) groups excluding carboxylic acids is 1. The summed E-state index contributed by atoms with van der Waals surface area (Å²) in [6.07, 6.45) is -2.32. The number of urea groups is 1. The summed E-state index contributed by atoms with van der Waals surface area (Å²) >= 11 is 0. The average Bonchev–Trinajstić information content (AvgIpc) is 3.29. The summed E-state index contributed by atoms with van der Waals surface area (Å²) in [6.45, 7) is 2.56. The van der Waals surface area contributed by atoms with Crippen LogP contribution in [0.2, 0.25) is 0 Å². The van der Waals surface area contributed by atoms with Crippen molar-refractivity contribution in [3.05, 3.63) is 71.1 Å². The second-order valence-corrected chi connectivity index (χ2v) is 8.37. The van der Waals surface area contributed by atoms with Crippen LogP contribution >= 0.6 is 0 Å². The van der Waals surface area contributed by atoms with E-state index in [0.29, 0.717) is 36.1 Å². The summed E-state index contributed by atoms with van der Waals surface area (Å²) < 4.78 is 55.1. The van der Waals surface area contributed by atoms with E-state index in [4.69, 9.17) is 6.11 Å². The van der Waals surface area contributed by atoms with Gasteiger partial charge in [0.05, 0.1) is 25.0 Å². The van der Waals surface area contributed by atoms with Crippen molar-refractivity contribution in [3.8, 4) is 0 Å².